The molecule has 0 aromatic heterocycles. The summed E-state index contributed by atoms with van der Waals surface area (Å²) in [5.74, 6) is 0.752. The monoisotopic (exact) mass is 473 g/mol. The van der Waals surface area contributed by atoms with E-state index in [1.165, 1.54) is 25.3 Å². The Hall–Kier alpha value is -2.84. The first-order valence-electron chi connectivity index (χ1n) is 10.8. The van der Waals surface area contributed by atoms with Crippen molar-refractivity contribution in [1.29, 1.82) is 0 Å². The molecule has 7 nitrogen and oxygen atoms in total. The van der Waals surface area contributed by atoms with Gasteiger partial charge in [-0.05, 0) is 62.1 Å². The van der Waals surface area contributed by atoms with Gasteiger partial charge >= 0.3 is 5.97 Å². The summed E-state index contributed by atoms with van der Waals surface area (Å²) >= 11 is 0. The highest BCUT2D eigenvalue weighted by atomic mass is 32.2. The van der Waals surface area contributed by atoms with Gasteiger partial charge in [-0.25, -0.2) is 8.42 Å². The third-order valence-corrected chi connectivity index (χ3v) is 8.33. The van der Waals surface area contributed by atoms with Gasteiger partial charge in [0.15, 0.2) is 4.75 Å². The molecule has 8 heteroatoms. The standard InChI is InChI=1S/C25H31NO6S/c1-6-32-21-9-7-8-20(16-21)22-11-10-19(17-23(22)30-4)18-12-14-26(15-13-18)33(28,29)25(2,3)24(27)31-5/h7-12,16-17H,6,13-15H2,1-5H3. The molecule has 0 saturated carbocycles. The van der Waals surface area contributed by atoms with Crippen molar-refractivity contribution in [2.45, 2.75) is 31.9 Å². The van der Waals surface area contributed by atoms with Crippen molar-refractivity contribution in [3.8, 4) is 22.6 Å². The van der Waals surface area contributed by atoms with E-state index < -0.39 is 20.7 Å². The summed E-state index contributed by atoms with van der Waals surface area (Å²) in [4.78, 5) is 12.0. The van der Waals surface area contributed by atoms with Crippen LogP contribution in [0.3, 0.4) is 0 Å². The van der Waals surface area contributed by atoms with E-state index in [1.54, 1.807) is 7.11 Å². The molecule has 33 heavy (non-hydrogen) atoms. The molecule has 2 aromatic carbocycles. The largest absolute Gasteiger partial charge is 0.496 e. The molecule has 0 N–H and O–H groups in total. The maximum atomic E-state index is 13.0. The molecule has 0 atom stereocenters. The molecule has 0 amide bonds. The number of ether oxygens (including phenoxy) is 3. The van der Waals surface area contributed by atoms with Crippen molar-refractivity contribution in [3.05, 3.63) is 54.1 Å². The molecule has 0 aliphatic carbocycles. The molecule has 2 aromatic rings. The Morgan fingerprint density at radius 1 is 1.09 bits per heavy atom. The zero-order valence-electron chi connectivity index (χ0n) is 19.8. The van der Waals surface area contributed by atoms with Crippen molar-refractivity contribution >= 4 is 21.6 Å². The lowest BCUT2D eigenvalue weighted by Gasteiger charge is -2.32. The number of sulfonamides is 1. The molecule has 0 spiro atoms. The highest BCUT2D eigenvalue weighted by molar-refractivity contribution is 7.91. The van der Waals surface area contributed by atoms with Crippen LogP contribution in [0.15, 0.2) is 48.5 Å². The lowest BCUT2D eigenvalue weighted by Crippen LogP contribution is -2.51. The smallest absolute Gasteiger partial charge is 0.328 e. The van der Waals surface area contributed by atoms with Crippen molar-refractivity contribution in [2.24, 2.45) is 0 Å². The van der Waals surface area contributed by atoms with Crippen molar-refractivity contribution in [1.82, 2.24) is 4.31 Å². The average molecular weight is 474 g/mol. The Balaban J connectivity index is 1.85. The Morgan fingerprint density at radius 3 is 2.45 bits per heavy atom. The van der Waals surface area contributed by atoms with Crippen molar-refractivity contribution in [2.75, 3.05) is 33.9 Å². The fraction of sp³-hybridized carbons (Fsp3) is 0.400. The number of carbonyl (C=O) groups excluding carboxylic acids is 1. The van der Waals surface area contributed by atoms with Gasteiger partial charge in [-0.3, -0.25) is 4.79 Å². The molecular formula is C25H31NO6S. The van der Waals surface area contributed by atoms with Crippen LogP contribution in [0.5, 0.6) is 11.5 Å². The predicted octanol–water partition coefficient (Wildman–Crippen LogP) is 4.13. The van der Waals surface area contributed by atoms with Crippen LogP contribution >= 0.6 is 0 Å². The Kier molecular flexibility index (Phi) is 7.49. The Bertz CT molecular complexity index is 1150. The van der Waals surface area contributed by atoms with Crippen molar-refractivity contribution < 1.29 is 27.4 Å². The minimum atomic E-state index is -3.87. The number of methoxy groups -OCH3 is 2. The lowest BCUT2D eigenvalue weighted by atomic mass is 9.96. The summed E-state index contributed by atoms with van der Waals surface area (Å²) in [6.45, 7) is 5.77. The van der Waals surface area contributed by atoms with Gasteiger partial charge in [0.1, 0.15) is 11.5 Å². The van der Waals surface area contributed by atoms with Crippen LogP contribution in [0.4, 0.5) is 0 Å². The van der Waals surface area contributed by atoms with E-state index in [0.717, 1.165) is 33.8 Å². The second-order valence-electron chi connectivity index (χ2n) is 8.22. The second kappa shape index (κ2) is 9.97. The number of hydrogen-bond donors (Lipinski definition) is 0. The van der Waals surface area contributed by atoms with Gasteiger partial charge in [-0.15, -0.1) is 0 Å². The summed E-state index contributed by atoms with van der Waals surface area (Å²) in [5, 5.41) is 0. The van der Waals surface area contributed by atoms with Crippen LogP contribution in [-0.2, 0) is 19.6 Å². The SMILES string of the molecule is CCOc1cccc(-c2ccc(C3=CCN(S(=O)(=O)C(C)(C)C(=O)OC)CC3)cc2OC)c1. The number of carbonyl (C=O) groups is 1. The number of benzene rings is 2. The minimum absolute atomic E-state index is 0.193. The quantitative estimate of drug-likeness (QED) is 0.536. The molecular weight excluding hydrogens is 442 g/mol. The van der Waals surface area contributed by atoms with E-state index in [9.17, 15) is 13.2 Å². The summed E-state index contributed by atoms with van der Waals surface area (Å²) in [6, 6.07) is 13.8. The second-order valence-corrected chi connectivity index (χ2v) is 10.7. The predicted molar refractivity (Wildman–Crippen MR) is 129 cm³/mol. The molecule has 0 saturated heterocycles. The Morgan fingerprint density at radius 2 is 1.85 bits per heavy atom. The highest BCUT2D eigenvalue weighted by Gasteiger charge is 2.46. The van der Waals surface area contributed by atoms with Gasteiger partial charge in [0.05, 0.1) is 20.8 Å². The lowest BCUT2D eigenvalue weighted by molar-refractivity contribution is -0.142. The fourth-order valence-electron chi connectivity index (χ4n) is 3.85. The fourth-order valence-corrected chi connectivity index (χ4v) is 5.40. The van der Waals surface area contributed by atoms with E-state index in [-0.39, 0.29) is 13.1 Å². The van der Waals surface area contributed by atoms with Gasteiger partial charge < -0.3 is 14.2 Å². The molecule has 0 fully saturated rings. The van der Waals surface area contributed by atoms with Crippen LogP contribution in [0.2, 0.25) is 0 Å². The van der Waals surface area contributed by atoms with Gasteiger partial charge in [0, 0.05) is 18.7 Å². The first kappa shape index (κ1) is 24.8. The molecule has 0 unspecified atom stereocenters. The summed E-state index contributed by atoms with van der Waals surface area (Å²) in [5.41, 5.74) is 3.94. The molecule has 1 heterocycles. The number of rotatable bonds is 8. The van der Waals surface area contributed by atoms with E-state index >= 15 is 0 Å². The van der Waals surface area contributed by atoms with Gasteiger partial charge in [0.25, 0.3) is 0 Å². The first-order valence-corrected chi connectivity index (χ1v) is 12.3. The number of hydrogen-bond acceptors (Lipinski definition) is 6. The van der Waals surface area contributed by atoms with E-state index in [4.69, 9.17) is 14.2 Å². The number of esters is 1. The van der Waals surface area contributed by atoms with Crippen LogP contribution in [-0.4, -0.2) is 57.4 Å². The maximum absolute atomic E-state index is 13.0. The number of nitrogens with zero attached hydrogens (tertiary/aromatic N) is 1. The molecule has 3 rings (SSSR count). The molecule has 0 bridgehead atoms. The van der Waals surface area contributed by atoms with Crippen LogP contribution in [0.25, 0.3) is 16.7 Å². The summed E-state index contributed by atoms with van der Waals surface area (Å²) < 4.78 is 41.6. The zero-order valence-corrected chi connectivity index (χ0v) is 20.6. The third kappa shape index (κ3) is 4.91. The van der Waals surface area contributed by atoms with Crippen LogP contribution in [0.1, 0.15) is 32.8 Å². The zero-order chi connectivity index (χ0) is 24.2. The van der Waals surface area contributed by atoms with Gasteiger partial charge in [-0.2, -0.15) is 4.31 Å². The molecule has 1 aliphatic heterocycles. The van der Waals surface area contributed by atoms with Gasteiger partial charge in [0.2, 0.25) is 10.0 Å². The van der Waals surface area contributed by atoms with Crippen molar-refractivity contribution in [3.63, 3.8) is 0 Å². The van der Waals surface area contributed by atoms with Crippen LogP contribution < -0.4 is 9.47 Å². The molecule has 178 valence electrons. The third-order valence-electron chi connectivity index (χ3n) is 5.86. The molecule has 0 radical (unpaired) electrons. The first-order chi connectivity index (χ1) is 15.6. The van der Waals surface area contributed by atoms with Gasteiger partial charge in [-0.1, -0.05) is 30.3 Å². The average Bonchev–Trinajstić information content (AvgIpc) is 2.83. The van der Waals surface area contributed by atoms with E-state index in [1.807, 2.05) is 55.5 Å². The Labute approximate surface area is 196 Å². The highest BCUT2D eigenvalue weighted by Crippen LogP contribution is 2.36. The molecule has 1 aliphatic rings. The summed E-state index contributed by atoms with van der Waals surface area (Å²) in [6.07, 6.45) is 2.41. The van der Waals surface area contributed by atoms with Crippen LogP contribution in [0, 0.1) is 0 Å². The topological polar surface area (TPSA) is 82.1 Å². The summed E-state index contributed by atoms with van der Waals surface area (Å²) in [7, 11) is -1.04. The van der Waals surface area contributed by atoms with E-state index in [2.05, 4.69) is 0 Å². The van der Waals surface area contributed by atoms with E-state index in [0.29, 0.717) is 13.0 Å². The minimum Gasteiger partial charge on any atom is -0.496 e. The maximum Gasteiger partial charge on any atom is 0.328 e. The normalized spacial score (nSPS) is 15.0.